The molecule has 0 aromatic heterocycles. The number of likely N-dealkylation sites (N-methyl/N-ethyl adjacent to an activating group) is 1. The van der Waals surface area contributed by atoms with Crippen LogP contribution in [0.25, 0.3) is 0 Å². The van der Waals surface area contributed by atoms with Crippen LogP contribution in [0.4, 0.5) is 0 Å². The molecule has 1 saturated heterocycles. The summed E-state index contributed by atoms with van der Waals surface area (Å²) in [7, 11) is 1.75. The fourth-order valence-electron chi connectivity index (χ4n) is 2.89. The third-order valence-corrected chi connectivity index (χ3v) is 3.93. The highest BCUT2D eigenvalue weighted by molar-refractivity contribution is 5.34. The summed E-state index contributed by atoms with van der Waals surface area (Å²) in [6.07, 6.45) is 3.35. The normalized spacial score (nSPS) is 18.2. The molecule has 3 nitrogen and oxygen atoms in total. The highest BCUT2D eigenvalue weighted by atomic mass is 16.5. The van der Waals surface area contributed by atoms with E-state index in [-0.39, 0.29) is 0 Å². The lowest BCUT2D eigenvalue weighted by molar-refractivity contribution is 0.0539. The third kappa shape index (κ3) is 3.95. The smallest absolute Gasteiger partial charge is 0.122 e. The average Bonchev–Trinajstić information content (AvgIpc) is 2.48. The molecule has 2 rings (SSSR count). The first kappa shape index (κ1) is 14.4. The van der Waals surface area contributed by atoms with Gasteiger partial charge in [0.1, 0.15) is 5.75 Å². The first-order valence-corrected chi connectivity index (χ1v) is 7.28. The number of rotatable bonds is 6. The number of ether oxygens (including phenoxy) is 2. The summed E-state index contributed by atoms with van der Waals surface area (Å²) in [6, 6.07) is 8.85. The summed E-state index contributed by atoms with van der Waals surface area (Å²) in [4.78, 5) is 0. The van der Waals surface area contributed by atoms with Crippen LogP contribution >= 0.6 is 0 Å². The molecule has 1 aliphatic heterocycles. The van der Waals surface area contributed by atoms with Gasteiger partial charge in [0.05, 0.1) is 7.11 Å². The van der Waals surface area contributed by atoms with Gasteiger partial charge in [-0.2, -0.15) is 0 Å². The Hall–Kier alpha value is -1.06. The Balaban J connectivity index is 2.06. The van der Waals surface area contributed by atoms with E-state index in [9.17, 15) is 0 Å². The van der Waals surface area contributed by atoms with Gasteiger partial charge in [-0.3, -0.25) is 0 Å². The second kappa shape index (κ2) is 7.51. The Bertz CT molecular complexity index is 375. The van der Waals surface area contributed by atoms with Crippen molar-refractivity contribution in [3.8, 4) is 5.75 Å². The molecule has 1 fully saturated rings. The molecular weight excluding hydrogens is 238 g/mol. The van der Waals surface area contributed by atoms with Crippen molar-refractivity contribution in [1.29, 1.82) is 0 Å². The molecule has 1 heterocycles. The SMILES string of the molecule is CCNC(Cc1ccccc1OC)C1CCOCC1. The monoisotopic (exact) mass is 263 g/mol. The molecule has 1 aliphatic rings. The lowest BCUT2D eigenvalue weighted by Crippen LogP contribution is -2.40. The van der Waals surface area contributed by atoms with Gasteiger partial charge in [-0.05, 0) is 43.4 Å². The Kier molecular flexibility index (Phi) is 5.67. The van der Waals surface area contributed by atoms with Crippen LogP contribution in [-0.4, -0.2) is 32.9 Å². The molecule has 1 N–H and O–H groups in total. The number of hydrogen-bond donors (Lipinski definition) is 1. The summed E-state index contributed by atoms with van der Waals surface area (Å²) in [5, 5.41) is 3.64. The summed E-state index contributed by atoms with van der Waals surface area (Å²) in [5.41, 5.74) is 1.29. The van der Waals surface area contributed by atoms with Crippen LogP contribution in [0.15, 0.2) is 24.3 Å². The van der Waals surface area contributed by atoms with Gasteiger partial charge in [-0.1, -0.05) is 25.1 Å². The maximum Gasteiger partial charge on any atom is 0.122 e. The Morgan fingerprint density at radius 2 is 2.05 bits per heavy atom. The zero-order chi connectivity index (χ0) is 13.5. The Morgan fingerprint density at radius 3 is 2.74 bits per heavy atom. The van der Waals surface area contributed by atoms with E-state index in [1.165, 1.54) is 5.56 Å². The molecule has 0 saturated carbocycles. The highest BCUT2D eigenvalue weighted by Crippen LogP contribution is 2.25. The maximum absolute atomic E-state index is 5.47. The first-order chi connectivity index (χ1) is 9.35. The van der Waals surface area contributed by atoms with Gasteiger partial charge < -0.3 is 14.8 Å². The van der Waals surface area contributed by atoms with E-state index < -0.39 is 0 Å². The van der Waals surface area contributed by atoms with Gasteiger partial charge in [0.15, 0.2) is 0 Å². The van der Waals surface area contributed by atoms with E-state index in [0.717, 1.165) is 44.8 Å². The van der Waals surface area contributed by atoms with Crippen molar-refractivity contribution in [1.82, 2.24) is 5.32 Å². The summed E-state index contributed by atoms with van der Waals surface area (Å²) in [5.74, 6) is 1.70. The minimum Gasteiger partial charge on any atom is -0.496 e. The van der Waals surface area contributed by atoms with Gasteiger partial charge >= 0.3 is 0 Å². The fourth-order valence-corrected chi connectivity index (χ4v) is 2.89. The van der Waals surface area contributed by atoms with E-state index in [4.69, 9.17) is 9.47 Å². The molecule has 1 unspecified atom stereocenters. The van der Waals surface area contributed by atoms with E-state index in [0.29, 0.717) is 12.0 Å². The molecule has 1 aromatic rings. The van der Waals surface area contributed by atoms with Crippen LogP contribution in [0.5, 0.6) is 5.75 Å². The van der Waals surface area contributed by atoms with Crippen LogP contribution in [-0.2, 0) is 11.2 Å². The van der Waals surface area contributed by atoms with Crippen molar-refractivity contribution in [2.45, 2.75) is 32.2 Å². The molecule has 0 aliphatic carbocycles. The van der Waals surface area contributed by atoms with Gasteiger partial charge in [-0.25, -0.2) is 0 Å². The topological polar surface area (TPSA) is 30.5 Å². The molecule has 0 bridgehead atoms. The second-order valence-electron chi connectivity index (χ2n) is 5.13. The minimum absolute atomic E-state index is 0.519. The molecule has 0 radical (unpaired) electrons. The van der Waals surface area contributed by atoms with Gasteiger partial charge in [0.25, 0.3) is 0 Å². The zero-order valence-electron chi connectivity index (χ0n) is 12.0. The van der Waals surface area contributed by atoms with Crippen LogP contribution in [0.1, 0.15) is 25.3 Å². The standard InChI is InChI=1S/C16H25NO2/c1-3-17-15(13-8-10-19-11-9-13)12-14-6-4-5-7-16(14)18-2/h4-7,13,15,17H,3,8-12H2,1-2H3. The van der Waals surface area contributed by atoms with Crippen molar-refractivity contribution in [3.05, 3.63) is 29.8 Å². The lowest BCUT2D eigenvalue weighted by atomic mass is 9.87. The van der Waals surface area contributed by atoms with E-state index in [1.807, 2.05) is 12.1 Å². The molecule has 0 spiro atoms. The Labute approximate surface area is 116 Å². The predicted molar refractivity (Wildman–Crippen MR) is 77.7 cm³/mol. The quantitative estimate of drug-likeness (QED) is 0.856. The summed E-state index contributed by atoms with van der Waals surface area (Å²) in [6.45, 7) is 4.99. The summed E-state index contributed by atoms with van der Waals surface area (Å²) >= 11 is 0. The van der Waals surface area contributed by atoms with E-state index in [2.05, 4.69) is 24.4 Å². The van der Waals surface area contributed by atoms with Crippen molar-refractivity contribution in [2.75, 3.05) is 26.9 Å². The Morgan fingerprint density at radius 1 is 1.32 bits per heavy atom. The van der Waals surface area contributed by atoms with Crippen LogP contribution in [0.2, 0.25) is 0 Å². The fraction of sp³-hybridized carbons (Fsp3) is 0.625. The van der Waals surface area contributed by atoms with Gasteiger partial charge in [0.2, 0.25) is 0 Å². The van der Waals surface area contributed by atoms with Crippen LogP contribution in [0, 0.1) is 5.92 Å². The van der Waals surface area contributed by atoms with Gasteiger partial charge in [0, 0.05) is 19.3 Å². The van der Waals surface area contributed by atoms with Gasteiger partial charge in [-0.15, -0.1) is 0 Å². The van der Waals surface area contributed by atoms with Crippen LogP contribution in [0.3, 0.4) is 0 Å². The highest BCUT2D eigenvalue weighted by Gasteiger charge is 2.24. The molecule has 19 heavy (non-hydrogen) atoms. The third-order valence-electron chi connectivity index (χ3n) is 3.93. The molecular formula is C16H25NO2. The van der Waals surface area contributed by atoms with Crippen molar-refractivity contribution < 1.29 is 9.47 Å². The maximum atomic E-state index is 5.47. The number of para-hydroxylation sites is 1. The zero-order valence-corrected chi connectivity index (χ0v) is 12.0. The second-order valence-corrected chi connectivity index (χ2v) is 5.13. The predicted octanol–water partition coefficient (Wildman–Crippen LogP) is 2.64. The molecule has 1 aromatic carbocycles. The summed E-state index contributed by atoms with van der Waals surface area (Å²) < 4.78 is 10.9. The van der Waals surface area contributed by atoms with Crippen molar-refractivity contribution >= 4 is 0 Å². The van der Waals surface area contributed by atoms with Crippen LogP contribution < -0.4 is 10.1 Å². The largest absolute Gasteiger partial charge is 0.496 e. The number of benzene rings is 1. The molecule has 0 amide bonds. The minimum atomic E-state index is 0.519. The van der Waals surface area contributed by atoms with E-state index in [1.54, 1.807) is 7.11 Å². The number of nitrogens with one attached hydrogen (secondary N) is 1. The van der Waals surface area contributed by atoms with Crippen molar-refractivity contribution in [2.24, 2.45) is 5.92 Å². The average molecular weight is 263 g/mol. The molecule has 3 heteroatoms. The molecule has 1 atom stereocenters. The van der Waals surface area contributed by atoms with E-state index >= 15 is 0 Å². The lowest BCUT2D eigenvalue weighted by Gasteiger charge is -2.31. The molecule has 106 valence electrons. The number of methoxy groups -OCH3 is 1. The number of hydrogen-bond acceptors (Lipinski definition) is 3. The first-order valence-electron chi connectivity index (χ1n) is 7.28. The van der Waals surface area contributed by atoms with Crippen molar-refractivity contribution in [3.63, 3.8) is 0 Å².